The van der Waals surface area contributed by atoms with E-state index in [0.717, 1.165) is 22.6 Å². The van der Waals surface area contributed by atoms with Crippen molar-refractivity contribution in [1.82, 2.24) is 15.1 Å². The summed E-state index contributed by atoms with van der Waals surface area (Å²) in [4.78, 5) is 26.5. The molecule has 2 aromatic carbocycles. The summed E-state index contributed by atoms with van der Waals surface area (Å²) in [6.07, 6.45) is 1.73. The Morgan fingerprint density at radius 2 is 1.97 bits per heavy atom. The van der Waals surface area contributed by atoms with Crippen molar-refractivity contribution in [2.45, 2.75) is 12.8 Å². The Morgan fingerprint density at radius 3 is 2.74 bits per heavy atom. The molecular weight excluding hydrogens is 416 g/mol. The monoisotopic (exact) mass is 434 g/mol. The molecule has 0 saturated carbocycles. The summed E-state index contributed by atoms with van der Waals surface area (Å²) in [5.41, 5.74) is 3.17. The number of aromatic nitrogens is 2. The van der Waals surface area contributed by atoms with Crippen LogP contribution in [0.1, 0.15) is 24.0 Å². The molecule has 3 aromatic rings. The summed E-state index contributed by atoms with van der Waals surface area (Å²) in [6.45, 7) is 1.89. The van der Waals surface area contributed by atoms with Crippen molar-refractivity contribution in [2.24, 2.45) is 0 Å². The number of fused-ring (bicyclic) bond motifs is 1. The Morgan fingerprint density at radius 1 is 1.16 bits per heavy atom. The van der Waals surface area contributed by atoms with E-state index < -0.39 is 0 Å². The molecule has 0 fully saturated rings. The third-order valence-electron chi connectivity index (χ3n) is 5.54. The topological polar surface area (TPSA) is 87.3 Å². The number of ether oxygens (including phenoxy) is 1. The molecule has 2 aliphatic heterocycles. The number of Topliss-reactive ketones (excluding diaryl/α,β-unsaturated/α-hetero) is 1. The van der Waals surface area contributed by atoms with Gasteiger partial charge < -0.3 is 15.0 Å². The molecule has 156 valence electrons. The van der Waals surface area contributed by atoms with E-state index in [1.807, 2.05) is 24.3 Å². The summed E-state index contributed by atoms with van der Waals surface area (Å²) in [5.74, 6) is 1.53. The minimum Gasteiger partial charge on any atom is -0.457 e. The molecule has 8 heteroatoms. The minimum atomic E-state index is -0.305. The summed E-state index contributed by atoms with van der Waals surface area (Å²) in [7, 11) is 0. The number of hydrogen-bond acceptors (Lipinski definition) is 5. The average molecular weight is 435 g/mol. The van der Waals surface area contributed by atoms with Crippen molar-refractivity contribution in [3.8, 4) is 11.5 Å². The molecule has 1 unspecified atom stereocenters. The number of ketones is 1. The number of halogens is 1. The molecule has 0 radical (unpaired) electrons. The SMILES string of the molecule is CC(=O)N1CC(=O)C2=C(C1)Nc1[nH]ncc1C2c1cccc(Oc2ccc(Cl)cc2)c1. The van der Waals surface area contributed by atoms with Crippen molar-refractivity contribution >= 4 is 29.1 Å². The highest BCUT2D eigenvalue weighted by atomic mass is 35.5. The highest BCUT2D eigenvalue weighted by Gasteiger charge is 2.38. The quantitative estimate of drug-likeness (QED) is 0.648. The number of anilines is 1. The molecule has 0 saturated heterocycles. The van der Waals surface area contributed by atoms with E-state index >= 15 is 0 Å². The zero-order valence-corrected chi connectivity index (χ0v) is 17.4. The fraction of sp³-hybridized carbons (Fsp3) is 0.174. The first-order valence-corrected chi connectivity index (χ1v) is 10.2. The van der Waals surface area contributed by atoms with Crippen LogP contribution in [0, 0.1) is 0 Å². The predicted octanol–water partition coefficient (Wildman–Crippen LogP) is 4.10. The van der Waals surface area contributed by atoms with Gasteiger partial charge in [-0.15, -0.1) is 0 Å². The van der Waals surface area contributed by atoms with Gasteiger partial charge in [-0.25, -0.2) is 0 Å². The van der Waals surface area contributed by atoms with Crippen molar-refractivity contribution in [3.05, 3.63) is 82.1 Å². The van der Waals surface area contributed by atoms with Crippen LogP contribution in [-0.2, 0) is 9.59 Å². The fourth-order valence-corrected chi connectivity index (χ4v) is 4.21. The van der Waals surface area contributed by atoms with Crippen LogP contribution in [0.4, 0.5) is 5.82 Å². The maximum atomic E-state index is 13.1. The van der Waals surface area contributed by atoms with E-state index in [9.17, 15) is 9.59 Å². The summed E-state index contributed by atoms with van der Waals surface area (Å²) in [6, 6.07) is 14.8. The Hall–Kier alpha value is -3.58. The largest absolute Gasteiger partial charge is 0.457 e. The van der Waals surface area contributed by atoms with Crippen LogP contribution < -0.4 is 10.1 Å². The smallest absolute Gasteiger partial charge is 0.220 e. The van der Waals surface area contributed by atoms with Gasteiger partial charge in [0, 0.05) is 34.7 Å². The number of rotatable bonds is 3. The van der Waals surface area contributed by atoms with Crippen molar-refractivity contribution < 1.29 is 14.3 Å². The van der Waals surface area contributed by atoms with Gasteiger partial charge in [-0.3, -0.25) is 14.7 Å². The van der Waals surface area contributed by atoms with Crippen molar-refractivity contribution in [2.75, 3.05) is 18.4 Å². The lowest BCUT2D eigenvalue weighted by Crippen LogP contribution is -2.44. The number of hydrogen-bond donors (Lipinski definition) is 2. The molecule has 0 bridgehead atoms. The minimum absolute atomic E-state index is 0.0699. The second kappa shape index (κ2) is 7.59. The number of benzene rings is 2. The molecule has 2 N–H and O–H groups in total. The van der Waals surface area contributed by atoms with Gasteiger partial charge in [-0.2, -0.15) is 5.10 Å². The number of nitrogens with one attached hydrogen (secondary N) is 2. The van der Waals surface area contributed by atoms with E-state index in [1.54, 1.807) is 30.5 Å². The van der Waals surface area contributed by atoms with Crippen LogP contribution in [0.25, 0.3) is 0 Å². The Labute approximate surface area is 183 Å². The highest BCUT2D eigenvalue weighted by molar-refractivity contribution is 6.30. The zero-order valence-electron chi connectivity index (χ0n) is 16.7. The summed E-state index contributed by atoms with van der Waals surface area (Å²) >= 11 is 5.96. The number of amides is 1. The number of carbonyl (C=O) groups excluding carboxylic acids is 2. The molecule has 7 nitrogen and oxygen atoms in total. The van der Waals surface area contributed by atoms with Crippen LogP contribution in [0.15, 0.2) is 66.0 Å². The molecule has 0 aliphatic carbocycles. The Balaban J connectivity index is 1.55. The molecule has 1 amide bonds. The van der Waals surface area contributed by atoms with Gasteiger partial charge in [-0.1, -0.05) is 23.7 Å². The van der Waals surface area contributed by atoms with E-state index in [-0.39, 0.29) is 24.2 Å². The van der Waals surface area contributed by atoms with Gasteiger partial charge in [-0.05, 0) is 42.0 Å². The lowest BCUT2D eigenvalue weighted by Gasteiger charge is -2.36. The maximum absolute atomic E-state index is 13.1. The van der Waals surface area contributed by atoms with Crippen LogP contribution in [-0.4, -0.2) is 39.9 Å². The highest BCUT2D eigenvalue weighted by Crippen LogP contribution is 2.43. The van der Waals surface area contributed by atoms with Crippen LogP contribution in [0.2, 0.25) is 5.02 Å². The lowest BCUT2D eigenvalue weighted by atomic mass is 9.79. The van der Waals surface area contributed by atoms with Gasteiger partial charge in [0.1, 0.15) is 17.3 Å². The zero-order chi connectivity index (χ0) is 21.5. The molecule has 2 aliphatic rings. The summed E-state index contributed by atoms with van der Waals surface area (Å²) in [5, 5.41) is 11.0. The maximum Gasteiger partial charge on any atom is 0.220 e. The molecule has 0 spiro atoms. The van der Waals surface area contributed by atoms with E-state index in [0.29, 0.717) is 28.6 Å². The Bertz CT molecular complexity index is 1220. The Kier molecular flexibility index (Phi) is 4.75. The third kappa shape index (κ3) is 3.57. The molecular formula is C23H19ClN4O3. The molecule has 31 heavy (non-hydrogen) atoms. The standard InChI is InChI=1S/C23H19ClN4O3/c1-13(29)28-11-19-22(20(30)12-28)21(18-10-25-27-23(18)26-19)14-3-2-4-17(9-14)31-16-7-5-15(24)6-8-16/h2-10,21H,11-12H2,1H3,(H2,25,26,27). The van der Waals surface area contributed by atoms with Gasteiger partial charge in [0.25, 0.3) is 0 Å². The van der Waals surface area contributed by atoms with Crippen molar-refractivity contribution in [3.63, 3.8) is 0 Å². The van der Waals surface area contributed by atoms with E-state index in [4.69, 9.17) is 16.3 Å². The molecule has 3 heterocycles. The first kappa shape index (κ1) is 19.4. The lowest BCUT2D eigenvalue weighted by molar-refractivity contribution is -0.132. The van der Waals surface area contributed by atoms with Gasteiger partial charge in [0.05, 0.1) is 19.3 Å². The van der Waals surface area contributed by atoms with Gasteiger partial charge >= 0.3 is 0 Å². The number of nitrogens with zero attached hydrogens (tertiary/aromatic N) is 2. The van der Waals surface area contributed by atoms with Crippen LogP contribution in [0.3, 0.4) is 0 Å². The van der Waals surface area contributed by atoms with Crippen LogP contribution >= 0.6 is 11.6 Å². The van der Waals surface area contributed by atoms with E-state index in [1.165, 1.54) is 11.8 Å². The summed E-state index contributed by atoms with van der Waals surface area (Å²) < 4.78 is 5.99. The second-order valence-electron chi connectivity index (χ2n) is 7.58. The van der Waals surface area contributed by atoms with Crippen molar-refractivity contribution in [1.29, 1.82) is 0 Å². The third-order valence-corrected chi connectivity index (χ3v) is 5.79. The first-order valence-electron chi connectivity index (χ1n) is 9.85. The predicted molar refractivity (Wildman–Crippen MR) is 116 cm³/mol. The van der Waals surface area contributed by atoms with Crippen LogP contribution in [0.5, 0.6) is 11.5 Å². The second-order valence-corrected chi connectivity index (χ2v) is 8.01. The number of aromatic amines is 1. The average Bonchev–Trinajstić information content (AvgIpc) is 3.22. The number of carbonyl (C=O) groups is 2. The van der Waals surface area contributed by atoms with Gasteiger partial charge in [0.2, 0.25) is 5.91 Å². The fourth-order valence-electron chi connectivity index (χ4n) is 4.09. The molecule has 1 atom stereocenters. The normalized spacial score (nSPS) is 17.7. The van der Waals surface area contributed by atoms with E-state index in [2.05, 4.69) is 15.5 Å². The first-order chi connectivity index (χ1) is 15.0. The molecule has 5 rings (SSSR count). The number of H-pyrrole nitrogens is 1. The molecule has 1 aromatic heterocycles. The van der Waals surface area contributed by atoms with Gasteiger partial charge in [0.15, 0.2) is 5.78 Å².